The Labute approximate surface area is 185 Å². The highest BCUT2D eigenvalue weighted by atomic mass is 32.2. The summed E-state index contributed by atoms with van der Waals surface area (Å²) in [6, 6.07) is 9.56. The van der Waals surface area contributed by atoms with E-state index in [1.165, 1.54) is 36.4 Å². The van der Waals surface area contributed by atoms with Gasteiger partial charge in [-0.15, -0.1) is 0 Å². The maximum Gasteiger partial charge on any atom is 0.311 e. The van der Waals surface area contributed by atoms with Crippen molar-refractivity contribution in [1.82, 2.24) is 4.72 Å². The van der Waals surface area contributed by atoms with Gasteiger partial charge < -0.3 is 10.1 Å². The number of benzene rings is 2. The first-order chi connectivity index (χ1) is 15.3. The molecule has 2 aromatic rings. The van der Waals surface area contributed by atoms with E-state index in [9.17, 15) is 23.3 Å². The lowest BCUT2D eigenvalue weighted by molar-refractivity contribution is -0.385. The second-order valence-corrected chi connectivity index (χ2v) is 8.78. The van der Waals surface area contributed by atoms with Crippen molar-refractivity contribution in [2.75, 3.05) is 18.5 Å². The van der Waals surface area contributed by atoms with E-state index in [0.29, 0.717) is 24.5 Å². The van der Waals surface area contributed by atoms with Crippen LogP contribution in [0.2, 0.25) is 0 Å². The van der Waals surface area contributed by atoms with Crippen LogP contribution in [-0.4, -0.2) is 38.2 Å². The number of hydrogen-bond donors (Lipinski definition) is 2. The molecule has 1 aliphatic heterocycles. The number of nitro groups is 1. The van der Waals surface area contributed by atoms with Gasteiger partial charge in [0.05, 0.1) is 16.4 Å². The molecule has 10 nitrogen and oxygen atoms in total. The predicted octanol–water partition coefficient (Wildman–Crippen LogP) is 3.50. The first-order valence-corrected chi connectivity index (χ1v) is 11.7. The molecule has 0 saturated carbocycles. The number of amides is 1. The minimum Gasteiger partial charge on any atom is -0.487 e. The molecule has 170 valence electrons. The first kappa shape index (κ1) is 23.2. The van der Waals surface area contributed by atoms with Gasteiger partial charge in [-0.05, 0) is 56.2 Å². The number of amidine groups is 1. The maximum absolute atomic E-state index is 12.6. The molecule has 0 spiro atoms. The van der Waals surface area contributed by atoms with Crippen LogP contribution >= 0.6 is 0 Å². The molecular weight excluding hydrogens is 436 g/mol. The second-order valence-electron chi connectivity index (χ2n) is 7.10. The number of hydrogen-bond acceptors (Lipinski definition) is 7. The van der Waals surface area contributed by atoms with Crippen molar-refractivity contribution in [2.24, 2.45) is 4.99 Å². The van der Waals surface area contributed by atoms with Crippen molar-refractivity contribution in [3.05, 3.63) is 58.1 Å². The van der Waals surface area contributed by atoms with E-state index in [2.05, 4.69) is 15.0 Å². The average Bonchev–Trinajstić information content (AvgIpc) is 3.02. The van der Waals surface area contributed by atoms with Gasteiger partial charge in [-0.2, -0.15) is 0 Å². The Morgan fingerprint density at radius 3 is 2.59 bits per heavy atom. The van der Waals surface area contributed by atoms with Crippen LogP contribution < -0.4 is 14.8 Å². The summed E-state index contributed by atoms with van der Waals surface area (Å²) >= 11 is 0. The Balaban J connectivity index is 1.71. The van der Waals surface area contributed by atoms with E-state index in [-0.39, 0.29) is 28.5 Å². The number of rotatable bonds is 7. The fraction of sp³-hybridized carbons (Fsp3) is 0.333. The number of nitrogens with zero attached hydrogens (tertiary/aromatic N) is 2. The zero-order valence-electron chi connectivity index (χ0n) is 17.5. The van der Waals surface area contributed by atoms with E-state index in [0.717, 1.165) is 25.3 Å². The Morgan fingerprint density at radius 1 is 1.16 bits per heavy atom. The van der Waals surface area contributed by atoms with Gasteiger partial charge in [-0.25, -0.2) is 8.42 Å². The molecule has 0 unspecified atom stereocenters. The molecule has 11 heteroatoms. The molecule has 0 fully saturated rings. The Kier molecular flexibility index (Phi) is 7.41. The summed E-state index contributed by atoms with van der Waals surface area (Å²) in [5.74, 6) is -0.0379. The minimum absolute atomic E-state index is 0.0409. The molecule has 3 rings (SSSR count). The fourth-order valence-electron chi connectivity index (χ4n) is 3.17. The van der Waals surface area contributed by atoms with E-state index in [1.54, 1.807) is 6.92 Å². The summed E-state index contributed by atoms with van der Waals surface area (Å²) in [6.07, 6.45) is 3.43. The topological polar surface area (TPSA) is 140 Å². The van der Waals surface area contributed by atoms with Crippen LogP contribution in [0.25, 0.3) is 0 Å². The number of nitro benzene ring substituents is 1. The molecule has 0 aromatic heterocycles. The molecule has 2 N–H and O–H groups in total. The van der Waals surface area contributed by atoms with Gasteiger partial charge in [0.2, 0.25) is 0 Å². The standard InChI is InChI=1S/C21H24N4O6S/c1-2-31-19-12-7-15(14-18(19)25(27)28)21(26)23-16-8-10-17(11-9-16)32(29,30)24-20-6-4-3-5-13-22-20/h7-12,14H,2-6,13H2,1H3,(H,22,24)(H,23,26). The van der Waals surface area contributed by atoms with Gasteiger partial charge in [0, 0.05) is 30.3 Å². The largest absolute Gasteiger partial charge is 0.487 e. The lowest BCUT2D eigenvalue weighted by atomic mass is 10.1. The van der Waals surface area contributed by atoms with E-state index in [1.807, 2.05) is 0 Å². The Bertz CT molecular complexity index is 1130. The molecule has 0 aliphatic carbocycles. The van der Waals surface area contributed by atoms with Crippen LogP contribution in [0.3, 0.4) is 0 Å². The third-order valence-corrected chi connectivity index (χ3v) is 6.16. The smallest absolute Gasteiger partial charge is 0.311 e. The third kappa shape index (κ3) is 5.82. The highest BCUT2D eigenvalue weighted by Gasteiger charge is 2.20. The minimum atomic E-state index is -3.78. The quantitative estimate of drug-likeness (QED) is 0.479. The van der Waals surface area contributed by atoms with Crippen molar-refractivity contribution >= 4 is 33.1 Å². The lowest BCUT2D eigenvalue weighted by Crippen LogP contribution is -2.30. The summed E-state index contributed by atoms with van der Waals surface area (Å²) in [7, 11) is -3.78. The van der Waals surface area contributed by atoms with Gasteiger partial charge in [0.1, 0.15) is 5.84 Å². The van der Waals surface area contributed by atoms with Gasteiger partial charge >= 0.3 is 5.69 Å². The molecule has 0 saturated heterocycles. The average molecular weight is 461 g/mol. The SMILES string of the molecule is CCOc1ccc(C(=O)Nc2ccc(S(=O)(=O)NC3=NCCCCC3)cc2)cc1[N+](=O)[O-]. The number of nitrogens with one attached hydrogen (secondary N) is 2. The highest BCUT2D eigenvalue weighted by molar-refractivity contribution is 7.90. The molecule has 0 bridgehead atoms. The predicted molar refractivity (Wildman–Crippen MR) is 120 cm³/mol. The number of ether oxygens (including phenoxy) is 1. The van der Waals surface area contributed by atoms with Crippen LogP contribution in [0.4, 0.5) is 11.4 Å². The van der Waals surface area contributed by atoms with E-state index >= 15 is 0 Å². The molecule has 0 radical (unpaired) electrons. The highest BCUT2D eigenvalue weighted by Crippen LogP contribution is 2.28. The number of carbonyl (C=O) groups excluding carboxylic acids is 1. The maximum atomic E-state index is 12.6. The first-order valence-electron chi connectivity index (χ1n) is 10.2. The van der Waals surface area contributed by atoms with Crippen molar-refractivity contribution in [2.45, 2.75) is 37.5 Å². The molecule has 32 heavy (non-hydrogen) atoms. The Morgan fingerprint density at radius 2 is 1.91 bits per heavy atom. The fourth-order valence-corrected chi connectivity index (χ4v) is 4.26. The molecule has 1 amide bonds. The summed E-state index contributed by atoms with van der Waals surface area (Å²) in [4.78, 5) is 27.5. The van der Waals surface area contributed by atoms with Crippen LogP contribution in [0, 0.1) is 10.1 Å². The van der Waals surface area contributed by atoms with Crippen molar-refractivity contribution < 1.29 is 22.9 Å². The van der Waals surface area contributed by atoms with Crippen LogP contribution in [-0.2, 0) is 10.0 Å². The third-order valence-electron chi connectivity index (χ3n) is 4.77. The monoisotopic (exact) mass is 460 g/mol. The molecule has 2 aromatic carbocycles. The van der Waals surface area contributed by atoms with Gasteiger partial charge in [-0.1, -0.05) is 6.42 Å². The normalized spacial score (nSPS) is 14.1. The molecule has 0 atom stereocenters. The molecular formula is C21H24N4O6S. The number of carbonyl (C=O) groups is 1. The van der Waals surface area contributed by atoms with Crippen molar-refractivity contribution in [1.29, 1.82) is 0 Å². The molecule has 1 heterocycles. The van der Waals surface area contributed by atoms with Crippen molar-refractivity contribution in [3.8, 4) is 5.75 Å². The zero-order chi connectivity index (χ0) is 23.1. The number of aliphatic imine (C=N–C) groups is 1. The van der Waals surface area contributed by atoms with Crippen LogP contribution in [0.5, 0.6) is 5.75 Å². The van der Waals surface area contributed by atoms with Crippen LogP contribution in [0.15, 0.2) is 52.4 Å². The van der Waals surface area contributed by atoms with Gasteiger partial charge in [-0.3, -0.25) is 24.6 Å². The lowest BCUT2D eigenvalue weighted by Gasteiger charge is -2.11. The summed E-state index contributed by atoms with van der Waals surface area (Å²) in [5.41, 5.74) is 0.107. The number of sulfonamides is 1. The summed E-state index contributed by atoms with van der Waals surface area (Å²) in [6.45, 7) is 2.56. The molecule has 1 aliphatic rings. The second kappa shape index (κ2) is 10.2. The van der Waals surface area contributed by atoms with Crippen molar-refractivity contribution in [3.63, 3.8) is 0 Å². The summed E-state index contributed by atoms with van der Waals surface area (Å²) < 4.78 is 32.9. The Hall–Kier alpha value is -3.47. The van der Waals surface area contributed by atoms with Crippen LogP contribution in [0.1, 0.15) is 43.0 Å². The van der Waals surface area contributed by atoms with E-state index < -0.39 is 20.9 Å². The summed E-state index contributed by atoms with van der Waals surface area (Å²) in [5, 5.41) is 13.8. The zero-order valence-corrected chi connectivity index (χ0v) is 18.4. The van der Waals surface area contributed by atoms with Gasteiger partial charge in [0.25, 0.3) is 15.9 Å². The van der Waals surface area contributed by atoms with Gasteiger partial charge in [0.15, 0.2) is 5.75 Å². The van der Waals surface area contributed by atoms with E-state index in [4.69, 9.17) is 4.74 Å². The number of anilines is 1.